The minimum absolute atomic E-state index is 0.230. The Morgan fingerprint density at radius 2 is 1.02 bits per heavy atom. The van der Waals surface area contributed by atoms with E-state index < -0.39 is 8.07 Å². The second kappa shape index (κ2) is 11.7. The Morgan fingerprint density at radius 3 is 1.55 bits per heavy atom. The first-order chi connectivity index (χ1) is 20.6. The van der Waals surface area contributed by atoms with Gasteiger partial charge in [-0.05, 0) is 117 Å². The van der Waals surface area contributed by atoms with E-state index in [0.29, 0.717) is 0 Å². The molecule has 2 aromatic carbocycles. The summed E-state index contributed by atoms with van der Waals surface area (Å²) < 4.78 is 0. The van der Waals surface area contributed by atoms with Gasteiger partial charge in [-0.15, -0.1) is 0 Å². The van der Waals surface area contributed by atoms with Gasteiger partial charge in [-0.3, -0.25) is 0 Å². The van der Waals surface area contributed by atoms with Crippen LogP contribution >= 0.6 is 0 Å². The lowest BCUT2D eigenvalue weighted by Gasteiger charge is -2.49. The van der Waals surface area contributed by atoms with E-state index in [-0.39, 0.29) is 10.8 Å². The monoisotopic (exact) mass is 610 g/mol. The first kappa shape index (κ1) is 32.6. The molecule has 0 nitrogen and oxygen atoms in total. The lowest BCUT2D eigenvalue weighted by Crippen LogP contribution is -2.47. The fourth-order valence-corrected chi connectivity index (χ4v) is 19.3. The molecule has 242 valence electrons. The molecule has 1 heteroatoms. The molecule has 0 saturated heterocycles. The molecule has 4 aliphatic carbocycles. The van der Waals surface area contributed by atoms with Crippen molar-refractivity contribution in [2.45, 2.75) is 154 Å². The summed E-state index contributed by atoms with van der Waals surface area (Å²) in [6, 6.07) is 19.9. The van der Waals surface area contributed by atoms with Gasteiger partial charge in [0.2, 0.25) is 0 Å². The van der Waals surface area contributed by atoms with Crippen LogP contribution in [0.5, 0.6) is 0 Å². The molecule has 0 heterocycles. The lowest BCUT2D eigenvalue weighted by molar-refractivity contribution is 0.194. The molecule has 0 aliphatic heterocycles. The third kappa shape index (κ3) is 5.62. The molecule has 11 unspecified atom stereocenters. The SMILES string of the molecule is CC1CC2C(c3ccc(C(C)(C)C)cc3)CCCC2C1[Si](C)(C)C1C(C)C(C)C2C(c3ccc(C(C)(C)C)cc3)CCCC21. The van der Waals surface area contributed by atoms with Crippen LogP contribution in [0.2, 0.25) is 24.2 Å². The highest BCUT2D eigenvalue weighted by Gasteiger charge is 2.61. The summed E-state index contributed by atoms with van der Waals surface area (Å²) in [5.74, 6) is 7.84. The molecule has 44 heavy (non-hydrogen) atoms. The summed E-state index contributed by atoms with van der Waals surface area (Å²) in [6.07, 6.45) is 10.2. The Kier molecular flexibility index (Phi) is 8.68. The molecular formula is C43H66Si. The molecule has 2 aromatic rings. The predicted molar refractivity (Wildman–Crippen MR) is 195 cm³/mol. The molecule has 0 spiro atoms. The molecule has 0 N–H and O–H groups in total. The number of rotatable bonds is 4. The standard InChI is InChI=1S/C43H66Si/c1-27-26-38-34(30-18-22-32(23-19-30)42(4,5)6)14-12-16-36(38)40(27)44(10,11)41-29(3)28(2)39-35(15-13-17-37(39)41)31-20-24-33(25-21-31)43(7,8)9/h18-25,27-29,34-41H,12-17,26H2,1-11H3. The van der Waals surface area contributed by atoms with E-state index in [9.17, 15) is 0 Å². The molecule has 11 atom stereocenters. The van der Waals surface area contributed by atoms with Crippen LogP contribution in [0.25, 0.3) is 0 Å². The molecule has 0 amide bonds. The van der Waals surface area contributed by atoms with Crippen molar-refractivity contribution >= 4 is 8.07 Å². The Hall–Kier alpha value is -1.34. The molecule has 6 rings (SSSR count). The maximum Gasteiger partial charge on any atom is 0.0547 e. The van der Waals surface area contributed by atoms with Gasteiger partial charge in [-0.25, -0.2) is 0 Å². The van der Waals surface area contributed by atoms with Crippen molar-refractivity contribution in [3.63, 3.8) is 0 Å². The van der Waals surface area contributed by atoms with E-state index in [0.717, 1.165) is 64.3 Å². The fourth-order valence-electron chi connectivity index (χ4n) is 12.6. The van der Waals surface area contributed by atoms with Gasteiger partial charge in [0.25, 0.3) is 0 Å². The summed E-state index contributed by atoms with van der Waals surface area (Å²) in [6.45, 7) is 28.0. The van der Waals surface area contributed by atoms with E-state index >= 15 is 0 Å². The Bertz CT molecular complexity index is 1270. The summed E-state index contributed by atoms with van der Waals surface area (Å²) in [7, 11) is -1.55. The zero-order chi connectivity index (χ0) is 31.8. The Morgan fingerprint density at radius 1 is 0.545 bits per heavy atom. The van der Waals surface area contributed by atoms with E-state index in [2.05, 4.69) is 124 Å². The normalized spacial score (nSPS) is 37.9. The van der Waals surface area contributed by atoms with E-state index in [1.165, 1.54) is 56.1 Å². The summed E-state index contributed by atoms with van der Waals surface area (Å²) in [5, 5.41) is 0. The van der Waals surface area contributed by atoms with Gasteiger partial charge >= 0.3 is 0 Å². The van der Waals surface area contributed by atoms with E-state index in [4.69, 9.17) is 0 Å². The van der Waals surface area contributed by atoms with Crippen LogP contribution in [-0.2, 0) is 10.8 Å². The third-order valence-corrected chi connectivity index (χ3v) is 19.8. The Labute approximate surface area is 273 Å². The third-order valence-electron chi connectivity index (χ3n) is 14.4. The van der Waals surface area contributed by atoms with Gasteiger partial charge in [0.1, 0.15) is 0 Å². The van der Waals surface area contributed by atoms with E-state index in [1.807, 2.05) is 0 Å². The number of hydrogen-bond acceptors (Lipinski definition) is 0. The molecule has 4 fully saturated rings. The van der Waals surface area contributed by atoms with Crippen LogP contribution in [0.3, 0.4) is 0 Å². The van der Waals surface area contributed by atoms with Crippen molar-refractivity contribution < 1.29 is 0 Å². The average molecular weight is 611 g/mol. The Balaban J connectivity index is 1.26. The summed E-state index contributed by atoms with van der Waals surface area (Å²) >= 11 is 0. The zero-order valence-electron chi connectivity index (χ0n) is 30.4. The number of hydrogen-bond donors (Lipinski definition) is 0. The zero-order valence-corrected chi connectivity index (χ0v) is 31.4. The molecule has 0 bridgehead atoms. The summed E-state index contributed by atoms with van der Waals surface area (Å²) in [4.78, 5) is 0. The van der Waals surface area contributed by atoms with Crippen LogP contribution in [0, 0.1) is 41.4 Å². The van der Waals surface area contributed by atoms with Crippen molar-refractivity contribution in [2.24, 2.45) is 41.4 Å². The van der Waals surface area contributed by atoms with Crippen molar-refractivity contribution in [1.82, 2.24) is 0 Å². The molecule has 4 saturated carbocycles. The molecule has 0 aromatic heterocycles. The molecular weight excluding hydrogens is 545 g/mol. The largest absolute Gasteiger partial charge is 0.0689 e. The molecule has 4 aliphatic rings. The minimum atomic E-state index is -1.55. The van der Waals surface area contributed by atoms with Crippen molar-refractivity contribution in [1.29, 1.82) is 0 Å². The number of fused-ring (bicyclic) bond motifs is 2. The van der Waals surface area contributed by atoms with Gasteiger partial charge in [0.15, 0.2) is 0 Å². The van der Waals surface area contributed by atoms with Crippen LogP contribution in [0.4, 0.5) is 0 Å². The van der Waals surface area contributed by atoms with Gasteiger partial charge in [0, 0.05) is 0 Å². The van der Waals surface area contributed by atoms with Gasteiger partial charge in [-0.2, -0.15) is 0 Å². The van der Waals surface area contributed by atoms with Crippen LogP contribution in [0.1, 0.15) is 141 Å². The first-order valence-electron chi connectivity index (χ1n) is 18.8. The van der Waals surface area contributed by atoms with Crippen molar-refractivity contribution in [3.8, 4) is 0 Å². The first-order valence-corrected chi connectivity index (χ1v) is 22.0. The maximum absolute atomic E-state index is 2.90. The van der Waals surface area contributed by atoms with Gasteiger partial charge in [-0.1, -0.05) is 150 Å². The highest BCUT2D eigenvalue weighted by Crippen LogP contribution is 2.68. The van der Waals surface area contributed by atoms with Crippen LogP contribution < -0.4 is 0 Å². The van der Waals surface area contributed by atoms with Crippen molar-refractivity contribution in [2.75, 3.05) is 0 Å². The predicted octanol–water partition coefficient (Wildman–Crippen LogP) is 12.8. The quantitative estimate of drug-likeness (QED) is 0.302. The van der Waals surface area contributed by atoms with Gasteiger partial charge < -0.3 is 0 Å². The second-order valence-electron chi connectivity index (χ2n) is 19.2. The minimum Gasteiger partial charge on any atom is -0.0689 e. The highest BCUT2D eigenvalue weighted by molar-refractivity contribution is 6.80. The number of benzene rings is 2. The topological polar surface area (TPSA) is 0 Å². The molecule has 0 radical (unpaired) electrons. The van der Waals surface area contributed by atoms with E-state index in [1.54, 1.807) is 11.1 Å². The smallest absolute Gasteiger partial charge is 0.0547 e. The maximum atomic E-state index is 2.90. The van der Waals surface area contributed by atoms with Crippen LogP contribution in [0.15, 0.2) is 48.5 Å². The second-order valence-corrected chi connectivity index (χ2v) is 24.2. The average Bonchev–Trinajstić information content (AvgIpc) is 3.45. The highest BCUT2D eigenvalue weighted by atomic mass is 28.3. The fraction of sp³-hybridized carbons (Fsp3) is 0.721. The van der Waals surface area contributed by atoms with Gasteiger partial charge in [0.05, 0.1) is 8.07 Å². The van der Waals surface area contributed by atoms with Crippen molar-refractivity contribution in [3.05, 3.63) is 70.8 Å². The summed E-state index contributed by atoms with van der Waals surface area (Å²) in [5.41, 5.74) is 8.70. The lowest BCUT2D eigenvalue weighted by atomic mass is 9.68. The van der Waals surface area contributed by atoms with Crippen LogP contribution in [-0.4, -0.2) is 8.07 Å².